The van der Waals surface area contributed by atoms with Gasteiger partial charge in [0.2, 0.25) is 0 Å². The second kappa shape index (κ2) is 6.37. The first-order chi connectivity index (χ1) is 11.9. The number of anilines is 1. The van der Waals surface area contributed by atoms with Gasteiger partial charge in [-0.05, 0) is 19.1 Å². The first-order valence-electron chi connectivity index (χ1n) is 7.08. The second-order valence-electron chi connectivity index (χ2n) is 5.06. The van der Waals surface area contributed by atoms with E-state index in [0.29, 0.717) is 10.7 Å². The SMILES string of the molecule is COc1ccc(NS(=O)(=O)c2c(C)nc3sccn3c2=O)c(OC)c1. The normalized spacial score (nSPS) is 11.5. The molecule has 2 heterocycles. The van der Waals surface area contributed by atoms with Crippen molar-refractivity contribution in [3.63, 3.8) is 0 Å². The van der Waals surface area contributed by atoms with Gasteiger partial charge < -0.3 is 9.47 Å². The van der Waals surface area contributed by atoms with Gasteiger partial charge in [-0.1, -0.05) is 0 Å². The molecule has 132 valence electrons. The van der Waals surface area contributed by atoms with Crippen molar-refractivity contribution in [1.29, 1.82) is 0 Å². The average Bonchev–Trinajstić information content (AvgIpc) is 3.03. The van der Waals surface area contributed by atoms with E-state index >= 15 is 0 Å². The molecule has 3 aromatic rings. The highest BCUT2D eigenvalue weighted by Gasteiger charge is 2.25. The molecule has 0 fully saturated rings. The Morgan fingerprint density at radius 1 is 1.24 bits per heavy atom. The van der Waals surface area contributed by atoms with Crippen LogP contribution >= 0.6 is 11.3 Å². The largest absolute Gasteiger partial charge is 0.497 e. The number of hydrogen-bond donors (Lipinski definition) is 1. The summed E-state index contributed by atoms with van der Waals surface area (Å²) in [4.78, 5) is 16.8. The van der Waals surface area contributed by atoms with Crippen LogP contribution in [0.4, 0.5) is 5.69 Å². The molecule has 1 N–H and O–H groups in total. The summed E-state index contributed by atoms with van der Waals surface area (Å²) < 4.78 is 39.4. The smallest absolute Gasteiger partial charge is 0.279 e. The first kappa shape index (κ1) is 17.2. The molecule has 0 aliphatic heterocycles. The Hall–Kier alpha value is -2.59. The number of sulfonamides is 1. The van der Waals surface area contributed by atoms with Crippen molar-refractivity contribution in [2.75, 3.05) is 18.9 Å². The average molecular weight is 381 g/mol. The fourth-order valence-corrected chi connectivity index (χ4v) is 4.43. The molecule has 0 aliphatic rings. The number of thiazole rings is 1. The molecule has 0 radical (unpaired) electrons. The second-order valence-corrected chi connectivity index (χ2v) is 7.55. The first-order valence-corrected chi connectivity index (χ1v) is 9.45. The van der Waals surface area contributed by atoms with Crippen molar-refractivity contribution in [3.05, 3.63) is 45.8 Å². The number of nitrogens with one attached hydrogen (secondary N) is 1. The molecule has 0 spiro atoms. The van der Waals surface area contributed by atoms with Crippen LogP contribution < -0.4 is 19.8 Å². The number of rotatable bonds is 5. The summed E-state index contributed by atoms with van der Waals surface area (Å²) in [6, 6.07) is 4.62. The summed E-state index contributed by atoms with van der Waals surface area (Å²) in [5.74, 6) is 0.780. The molecule has 0 atom stereocenters. The van der Waals surface area contributed by atoms with Crippen molar-refractivity contribution in [2.24, 2.45) is 0 Å². The molecule has 3 rings (SSSR count). The Morgan fingerprint density at radius 3 is 2.68 bits per heavy atom. The molecule has 25 heavy (non-hydrogen) atoms. The summed E-state index contributed by atoms with van der Waals surface area (Å²) in [5, 5.41) is 1.67. The van der Waals surface area contributed by atoms with Gasteiger partial charge in [-0.25, -0.2) is 13.4 Å². The van der Waals surface area contributed by atoms with Gasteiger partial charge >= 0.3 is 0 Å². The molecule has 0 aliphatic carbocycles. The predicted octanol–water partition coefficient (Wildman–Crippen LogP) is 1.88. The van der Waals surface area contributed by atoms with Crippen LogP contribution in [0, 0.1) is 6.92 Å². The number of aryl methyl sites for hydroxylation is 1. The molecule has 0 saturated carbocycles. The Bertz CT molecular complexity index is 1100. The van der Waals surface area contributed by atoms with Crippen molar-refractivity contribution in [1.82, 2.24) is 9.38 Å². The zero-order valence-electron chi connectivity index (χ0n) is 13.6. The maximum atomic E-state index is 12.8. The number of benzene rings is 1. The minimum atomic E-state index is -4.16. The lowest BCUT2D eigenvalue weighted by Crippen LogP contribution is -2.27. The monoisotopic (exact) mass is 381 g/mol. The zero-order valence-corrected chi connectivity index (χ0v) is 15.3. The van der Waals surface area contributed by atoms with Crippen molar-refractivity contribution < 1.29 is 17.9 Å². The van der Waals surface area contributed by atoms with Gasteiger partial charge in [-0.2, -0.15) is 0 Å². The minimum Gasteiger partial charge on any atom is -0.497 e. The highest BCUT2D eigenvalue weighted by Crippen LogP contribution is 2.30. The molecule has 2 aromatic heterocycles. The van der Waals surface area contributed by atoms with Crippen LogP contribution in [0.5, 0.6) is 11.5 Å². The third-order valence-corrected chi connectivity index (χ3v) is 5.77. The van der Waals surface area contributed by atoms with E-state index in [1.807, 2.05) is 0 Å². The maximum Gasteiger partial charge on any atom is 0.279 e. The molecule has 0 saturated heterocycles. The highest BCUT2D eigenvalue weighted by molar-refractivity contribution is 7.92. The van der Waals surface area contributed by atoms with Crippen molar-refractivity contribution >= 4 is 32.0 Å². The van der Waals surface area contributed by atoms with E-state index in [-0.39, 0.29) is 17.1 Å². The molecule has 8 nitrogen and oxygen atoms in total. The summed E-state index contributed by atoms with van der Waals surface area (Å²) in [6.45, 7) is 1.49. The number of methoxy groups -OCH3 is 2. The van der Waals surface area contributed by atoms with Crippen molar-refractivity contribution in [2.45, 2.75) is 11.8 Å². The molecule has 0 unspecified atom stereocenters. The van der Waals surface area contributed by atoms with Gasteiger partial charge in [0.1, 0.15) is 11.5 Å². The van der Waals surface area contributed by atoms with Gasteiger partial charge in [0.25, 0.3) is 15.6 Å². The molecule has 0 amide bonds. The van der Waals surface area contributed by atoms with Crippen LogP contribution in [0.2, 0.25) is 0 Å². The number of nitrogens with zero attached hydrogens (tertiary/aromatic N) is 2. The topological polar surface area (TPSA) is 99.0 Å². The highest BCUT2D eigenvalue weighted by atomic mass is 32.2. The van der Waals surface area contributed by atoms with E-state index in [0.717, 1.165) is 0 Å². The maximum absolute atomic E-state index is 12.8. The lowest BCUT2D eigenvalue weighted by Gasteiger charge is -2.13. The Kier molecular flexibility index (Phi) is 4.39. The van der Waals surface area contributed by atoms with E-state index in [2.05, 4.69) is 9.71 Å². The molecule has 1 aromatic carbocycles. The number of aromatic nitrogens is 2. The quantitative estimate of drug-likeness (QED) is 0.724. The summed E-state index contributed by atoms with van der Waals surface area (Å²) >= 11 is 1.25. The lowest BCUT2D eigenvalue weighted by atomic mass is 10.3. The Balaban J connectivity index is 2.11. The summed E-state index contributed by atoms with van der Waals surface area (Å²) in [6.07, 6.45) is 1.49. The molecule has 10 heteroatoms. The predicted molar refractivity (Wildman–Crippen MR) is 94.4 cm³/mol. The van der Waals surface area contributed by atoms with E-state index in [4.69, 9.17) is 9.47 Å². The standard InChI is InChI=1S/C15H15N3O5S2/c1-9-13(14(19)18-6-7-24-15(18)16-9)25(20,21)17-11-5-4-10(22-2)8-12(11)23-3/h4-8,17H,1-3H3. The third-order valence-electron chi connectivity index (χ3n) is 3.52. The van der Waals surface area contributed by atoms with E-state index in [1.54, 1.807) is 11.4 Å². The molecular weight excluding hydrogens is 366 g/mol. The third kappa shape index (κ3) is 3.05. The van der Waals surface area contributed by atoms with Crippen LogP contribution in [-0.2, 0) is 10.0 Å². The van der Waals surface area contributed by atoms with Crippen LogP contribution in [0.1, 0.15) is 5.69 Å². The van der Waals surface area contributed by atoms with Gasteiger partial charge in [-0.3, -0.25) is 13.9 Å². The van der Waals surface area contributed by atoms with Crippen LogP contribution in [-0.4, -0.2) is 32.0 Å². The Morgan fingerprint density at radius 2 is 2.00 bits per heavy atom. The van der Waals surface area contributed by atoms with E-state index in [9.17, 15) is 13.2 Å². The number of ether oxygens (including phenoxy) is 2. The van der Waals surface area contributed by atoms with E-state index in [1.165, 1.54) is 55.2 Å². The fraction of sp³-hybridized carbons (Fsp3) is 0.200. The fourth-order valence-electron chi connectivity index (χ4n) is 2.35. The Labute approximate surface area is 147 Å². The van der Waals surface area contributed by atoms with Crippen molar-refractivity contribution in [3.8, 4) is 11.5 Å². The summed E-state index contributed by atoms with van der Waals surface area (Å²) in [5.41, 5.74) is -0.325. The number of hydrogen-bond acceptors (Lipinski definition) is 7. The number of fused-ring (bicyclic) bond motifs is 1. The van der Waals surface area contributed by atoms with Gasteiger partial charge in [-0.15, -0.1) is 11.3 Å². The van der Waals surface area contributed by atoms with Gasteiger partial charge in [0.05, 0.1) is 25.6 Å². The zero-order chi connectivity index (χ0) is 18.2. The van der Waals surface area contributed by atoms with Gasteiger partial charge in [0.15, 0.2) is 9.86 Å². The lowest BCUT2D eigenvalue weighted by molar-refractivity contribution is 0.395. The van der Waals surface area contributed by atoms with Crippen LogP contribution in [0.15, 0.2) is 39.5 Å². The van der Waals surface area contributed by atoms with Gasteiger partial charge in [0, 0.05) is 17.6 Å². The summed E-state index contributed by atoms with van der Waals surface area (Å²) in [7, 11) is -1.26. The minimum absolute atomic E-state index is 0.132. The van der Waals surface area contributed by atoms with Crippen LogP contribution in [0.3, 0.4) is 0 Å². The van der Waals surface area contributed by atoms with E-state index < -0.39 is 20.5 Å². The molecular formula is C15H15N3O5S2. The van der Waals surface area contributed by atoms with Crippen LogP contribution in [0.25, 0.3) is 4.96 Å². The molecule has 0 bridgehead atoms.